The number of ether oxygens (including phenoxy) is 2. The van der Waals surface area contributed by atoms with E-state index in [-0.39, 0.29) is 23.7 Å². The Morgan fingerprint density at radius 3 is 2.92 bits per heavy atom. The number of nitrogens with zero attached hydrogens (tertiary/aromatic N) is 2. The fourth-order valence-corrected chi connectivity index (χ4v) is 3.41. The number of nitrogens with one attached hydrogen (secondary N) is 1. The summed E-state index contributed by atoms with van der Waals surface area (Å²) >= 11 is 0.784. The topological polar surface area (TPSA) is 123 Å². The molecule has 3 rings (SSSR count). The fourth-order valence-electron chi connectivity index (χ4n) is 2.44. The molecule has 2 unspecified atom stereocenters. The van der Waals surface area contributed by atoms with Crippen molar-refractivity contribution < 1.29 is 28.2 Å². The molecular formula is C15H15FN4O5S. The third-order valence-electron chi connectivity index (χ3n) is 3.78. The minimum Gasteiger partial charge on any atom is -0.468 e. The van der Waals surface area contributed by atoms with E-state index in [1.54, 1.807) is 0 Å². The second-order valence-electron chi connectivity index (χ2n) is 5.43. The Morgan fingerprint density at radius 2 is 2.31 bits per heavy atom. The lowest BCUT2D eigenvalue weighted by atomic mass is 10.2. The van der Waals surface area contributed by atoms with E-state index in [0.717, 1.165) is 24.9 Å². The van der Waals surface area contributed by atoms with E-state index in [0.29, 0.717) is 5.69 Å². The van der Waals surface area contributed by atoms with Crippen LogP contribution in [0.15, 0.2) is 23.3 Å². The first-order chi connectivity index (χ1) is 12.4. The number of amides is 2. The molecule has 11 heteroatoms. The van der Waals surface area contributed by atoms with Crippen molar-refractivity contribution in [1.29, 1.82) is 0 Å². The summed E-state index contributed by atoms with van der Waals surface area (Å²) in [5.41, 5.74) is 8.04. The largest absolute Gasteiger partial charge is 0.468 e. The quantitative estimate of drug-likeness (QED) is 0.562. The van der Waals surface area contributed by atoms with Gasteiger partial charge in [-0.05, 0) is 18.2 Å². The second kappa shape index (κ2) is 7.30. The number of hydrogen-bond acceptors (Lipinski definition) is 8. The number of nitrogens with two attached hydrogens (primary N) is 1. The molecule has 1 fully saturated rings. The number of benzene rings is 1. The SMILES string of the molecule is COC(=O)C1SC(c2ccc(N3CC(CN)OC3=O)cc2F)=NNC1=O. The highest BCUT2D eigenvalue weighted by atomic mass is 32.2. The Kier molecular flexibility index (Phi) is 5.09. The zero-order valence-corrected chi connectivity index (χ0v) is 14.4. The van der Waals surface area contributed by atoms with E-state index < -0.39 is 35.1 Å². The summed E-state index contributed by atoms with van der Waals surface area (Å²) in [6.45, 7) is 0.398. The smallest absolute Gasteiger partial charge is 0.414 e. The monoisotopic (exact) mass is 382 g/mol. The number of esters is 1. The van der Waals surface area contributed by atoms with Gasteiger partial charge in [0.05, 0.1) is 19.3 Å². The summed E-state index contributed by atoms with van der Waals surface area (Å²) < 4.78 is 24.2. The van der Waals surface area contributed by atoms with E-state index in [2.05, 4.69) is 15.3 Å². The zero-order valence-electron chi connectivity index (χ0n) is 13.6. The summed E-state index contributed by atoms with van der Waals surface area (Å²) in [4.78, 5) is 36.4. The van der Waals surface area contributed by atoms with Crippen molar-refractivity contribution in [2.75, 3.05) is 25.1 Å². The molecule has 2 amide bonds. The number of thioether (sulfide) groups is 1. The van der Waals surface area contributed by atoms with Gasteiger partial charge >= 0.3 is 12.1 Å². The van der Waals surface area contributed by atoms with Crippen molar-refractivity contribution in [2.45, 2.75) is 11.4 Å². The number of methoxy groups -OCH3 is 1. The van der Waals surface area contributed by atoms with Crippen molar-refractivity contribution in [3.8, 4) is 0 Å². The Labute approximate surface area is 151 Å². The van der Waals surface area contributed by atoms with Crippen LogP contribution in [0.3, 0.4) is 0 Å². The highest BCUT2D eigenvalue weighted by molar-refractivity contribution is 8.16. The average molecular weight is 382 g/mol. The minimum absolute atomic E-state index is 0.0793. The van der Waals surface area contributed by atoms with Crippen LogP contribution in [0.4, 0.5) is 14.9 Å². The van der Waals surface area contributed by atoms with Crippen molar-refractivity contribution in [1.82, 2.24) is 5.43 Å². The number of hydrazone groups is 1. The molecule has 0 radical (unpaired) electrons. The second-order valence-corrected chi connectivity index (χ2v) is 6.52. The molecule has 9 nitrogen and oxygen atoms in total. The molecule has 1 aromatic carbocycles. The van der Waals surface area contributed by atoms with Gasteiger partial charge in [-0.25, -0.2) is 14.6 Å². The molecule has 1 saturated heterocycles. The first-order valence-corrected chi connectivity index (χ1v) is 8.42. The van der Waals surface area contributed by atoms with Gasteiger partial charge < -0.3 is 15.2 Å². The fraction of sp³-hybridized carbons (Fsp3) is 0.333. The highest BCUT2D eigenvalue weighted by Gasteiger charge is 2.35. The van der Waals surface area contributed by atoms with Gasteiger partial charge in [-0.3, -0.25) is 14.5 Å². The van der Waals surface area contributed by atoms with Crippen LogP contribution in [0.5, 0.6) is 0 Å². The summed E-state index contributed by atoms with van der Waals surface area (Å²) in [7, 11) is 1.15. The maximum absolute atomic E-state index is 14.6. The number of carbonyl (C=O) groups excluding carboxylic acids is 3. The molecular weight excluding hydrogens is 367 g/mol. The highest BCUT2D eigenvalue weighted by Crippen LogP contribution is 2.28. The zero-order chi connectivity index (χ0) is 18.8. The molecule has 3 N–H and O–H groups in total. The van der Waals surface area contributed by atoms with E-state index in [4.69, 9.17) is 10.5 Å². The number of hydrogen-bond donors (Lipinski definition) is 2. The lowest BCUT2D eigenvalue weighted by molar-refractivity contribution is -0.143. The molecule has 2 atom stereocenters. The number of rotatable bonds is 4. The van der Waals surface area contributed by atoms with Crippen molar-refractivity contribution in [3.05, 3.63) is 29.6 Å². The number of carbonyl (C=O) groups is 3. The molecule has 0 spiro atoms. The van der Waals surface area contributed by atoms with Gasteiger partial charge in [-0.15, -0.1) is 0 Å². The molecule has 0 aliphatic carbocycles. The minimum atomic E-state index is -1.18. The Balaban J connectivity index is 1.83. The van der Waals surface area contributed by atoms with E-state index in [9.17, 15) is 18.8 Å². The third kappa shape index (κ3) is 3.35. The van der Waals surface area contributed by atoms with Crippen molar-refractivity contribution in [2.24, 2.45) is 10.8 Å². The van der Waals surface area contributed by atoms with Crippen molar-refractivity contribution in [3.63, 3.8) is 0 Å². The molecule has 1 aromatic rings. The molecule has 2 aliphatic rings. The van der Waals surface area contributed by atoms with Crippen molar-refractivity contribution >= 4 is 40.5 Å². The summed E-state index contributed by atoms with van der Waals surface area (Å²) in [6, 6.07) is 4.08. The lowest BCUT2D eigenvalue weighted by Crippen LogP contribution is -2.40. The van der Waals surface area contributed by atoms with Crippen LogP contribution in [0.25, 0.3) is 0 Å². The van der Waals surface area contributed by atoms with Crippen LogP contribution in [-0.4, -0.2) is 54.6 Å². The van der Waals surface area contributed by atoms with Gasteiger partial charge in [0.2, 0.25) is 0 Å². The molecule has 2 aliphatic heterocycles. The lowest BCUT2D eigenvalue weighted by Gasteiger charge is -2.20. The van der Waals surface area contributed by atoms with E-state index >= 15 is 0 Å². The molecule has 138 valence electrons. The Bertz CT molecular complexity index is 802. The molecule has 26 heavy (non-hydrogen) atoms. The van der Waals surface area contributed by atoms with Crippen LogP contribution >= 0.6 is 11.8 Å². The van der Waals surface area contributed by atoms with E-state index in [1.165, 1.54) is 17.0 Å². The van der Waals surface area contributed by atoms with Crippen LogP contribution in [0.1, 0.15) is 5.56 Å². The van der Waals surface area contributed by atoms with Gasteiger partial charge in [-0.1, -0.05) is 11.8 Å². The average Bonchev–Trinajstić information content (AvgIpc) is 3.02. The predicted molar refractivity (Wildman–Crippen MR) is 91.1 cm³/mol. The molecule has 0 aromatic heterocycles. The van der Waals surface area contributed by atoms with Crippen LogP contribution in [0, 0.1) is 5.82 Å². The number of anilines is 1. The molecule has 0 saturated carbocycles. The predicted octanol–water partition coefficient (Wildman–Crippen LogP) is 0.176. The van der Waals surface area contributed by atoms with Crippen LogP contribution < -0.4 is 16.1 Å². The first-order valence-electron chi connectivity index (χ1n) is 7.54. The maximum atomic E-state index is 14.6. The standard InChI is InChI=1S/C15H15FN4O5S/c1-24-14(22)11-12(21)18-19-13(26-11)9-3-2-7(4-10(9)16)20-6-8(5-17)25-15(20)23/h2-4,8,11H,5-6,17H2,1H3,(H,18,21). The molecule has 0 bridgehead atoms. The number of cyclic esters (lactones) is 1. The normalized spacial score (nSPS) is 22.6. The maximum Gasteiger partial charge on any atom is 0.414 e. The van der Waals surface area contributed by atoms with Crippen LogP contribution in [-0.2, 0) is 19.1 Å². The summed E-state index contributed by atoms with van der Waals surface area (Å²) in [5.74, 6) is -2.07. The summed E-state index contributed by atoms with van der Waals surface area (Å²) in [6.07, 6.45) is -1.05. The Hall–Kier alpha value is -2.66. The van der Waals surface area contributed by atoms with Crippen LogP contribution in [0.2, 0.25) is 0 Å². The molecule has 2 heterocycles. The number of halogens is 1. The van der Waals surface area contributed by atoms with Gasteiger partial charge in [-0.2, -0.15) is 5.10 Å². The first kappa shape index (κ1) is 18.1. The van der Waals surface area contributed by atoms with Gasteiger partial charge in [0, 0.05) is 12.1 Å². The van der Waals surface area contributed by atoms with Gasteiger partial charge in [0.15, 0.2) is 5.25 Å². The van der Waals surface area contributed by atoms with E-state index in [1.807, 2.05) is 0 Å². The van der Waals surface area contributed by atoms with Gasteiger partial charge in [0.25, 0.3) is 5.91 Å². The van der Waals surface area contributed by atoms with Gasteiger partial charge in [0.1, 0.15) is 17.0 Å². The Morgan fingerprint density at radius 1 is 1.54 bits per heavy atom. The third-order valence-corrected chi connectivity index (χ3v) is 4.96. The summed E-state index contributed by atoms with van der Waals surface area (Å²) in [5, 5.41) is 2.73.